The molecule has 1 amide bonds. The summed E-state index contributed by atoms with van der Waals surface area (Å²) >= 11 is 0. The number of aliphatic hydroxyl groups is 1. The van der Waals surface area contributed by atoms with E-state index in [0.717, 1.165) is 0 Å². The average molecular weight is 309 g/mol. The third kappa shape index (κ3) is 6.13. The maximum absolute atomic E-state index is 11.5. The number of carbonyl (C=O) groups is 2. The molecular weight excluding hydrogens is 286 g/mol. The predicted octanol–water partition coefficient (Wildman–Crippen LogP) is 2.42. The minimum absolute atomic E-state index is 0.287. The largest absolute Gasteiger partial charge is 0.465 e. The van der Waals surface area contributed by atoms with Gasteiger partial charge < -0.3 is 19.9 Å². The molecule has 0 bridgehead atoms. The maximum atomic E-state index is 11.5. The second-order valence-corrected chi connectivity index (χ2v) is 5.85. The van der Waals surface area contributed by atoms with E-state index in [9.17, 15) is 14.7 Å². The first-order chi connectivity index (χ1) is 10.2. The second kappa shape index (κ2) is 7.79. The number of carbonyl (C=O) groups excluding carboxylic acids is 2. The van der Waals surface area contributed by atoms with Crippen LogP contribution in [0.3, 0.4) is 0 Å². The minimum Gasteiger partial charge on any atom is -0.465 e. The van der Waals surface area contributed by atoms with Gasteiger partial charge in [-0.3, -0.25) is 0 Å². The summed E-state index contributed by atoms with van der Waals surface area (Å²) in [5.74, 6) is -0.423. The molecule has 0 aliphatic rings. The predicted molar refractivity (Wildman–Crippen MR) is 81.6 cm³/mol. The van der Waals surface area contributed by atoms with Gasteiger partial charge in [0.15, 0.2) is 0 Å². The molecular formula is C16H23NO5. The monoisotopic (exact) mass is 309 g/mol. The molecule has 122 valence electrons. The quantitative estimate of drug-likeness (QED) is 0.816. The maximum Gasteiger partial charge on any atom is 0.407 e. The molecule has 0 aliphatic carbocycles. The van der Waals surface area contributed by atoms with Crippen LogP contribution in [0.1, 0.15) is 49.2 Å². The van der Waals surface area contributed by atoms with Crippen molar-refractivity contribution >= 4 is 12.1 Å². The van der Waals surface area contributed by atoms with E-state index in [1.165, 1.54) is 7.11 Å². The Balaban J connectivity index is 2.44. The van der Waals surface area contributed by atoms with Crippen LogP contribution in [-0.2, 0) is 9.47 Å². The molecule has 1 atom stereocenters. The number of ether oxygens (including phenoxy) is 2. The number of alkyl carbamates (subject to hydrolysis) is 1. The van der Waals surface area contributed by atoms with Crippen LogP contribution in [0.2, 0.25) is 0 Å². The van der Waals surface area contributed by atoms with E-state index >= 15 is 0 Å². The van der Waals surface area contributed by atoms with E-state index in [4.69, 9.17) is 4.74 Å². The Hall–Kier alpha value is -2.08. The van der Waals surface area contributed by atoms with Crippen molar-refractivity contribution < 1.29 is 24.2 Å². The zero-order valence-corrected chi connectivity index (χ0v) is 13.4. The molecule has 0 spiro atoms. The molecule has 1 aromatic carbocycles. The lowest BCUT2D eigenvalue weighted by atomic mass is 10.0. The number of amides is 1. The van der Waals surface area contributed by atoms with Gasteiger partial charge in [-0.15, -0.1) is 0 Å². The third-order valence-electron chi connectivity index (χ3n) is 2.80. The van der Waals surface area contributed by atoms with E-state index in [2.05, 4.69) is 10.1 Å². The Morgan fingerprint density at radius 2 is 1.82 bits per heavy atom. The fourth-order valence-electron chi connectivity index (χ4n) is 1.75. The topological polar surface area (TPSA) is 84.9 Å². The first kappa shape index (κ1) is 18.0. The number of hydrogen-bond donors (Lipinski definition) is 2. The molecule has 1 rings (SSSR count). The van der Waals surface area contributed by atoms with Crippen LogP contribution in [0, 0.1) is 0 Å². The third-order valence-corrected chi connectivity index (χ3v) is 2.80. The van der Waals surface area contributed by atoms with Crippen molar-refractivity contribution in [3.63, 3.8) is 0 Å². The Labute approximate surface area is 130 Å². The van der Waals surface area contributed by atoms with Crippen LogP contribution in [0.5, 0.6) is 0 Å². The van der Waals surface area contributed by atoms with Crippen molar-refractivity contribution in [2.75, 3.05) is 13.7 Å². The van der Waals surface area contributed by atoms with Crippen molar-refractivity contribution in [1.29, 1.82) is 0 Å². The SMILES string of the molecule is COC(=O)c1ccc(C(O)CCNC(=O)OC(C)(C)C)cc1. The van der Waals surface area contributed by atoms with Crippen LogP contribution < -0.4 is 5.32 Å². The second-order valence-electron chi connectivity index (χ2n) is 5.85. The summed E-state index contributed by atoms with van der Waals surface area (Å²) in [4.78, 5) is 22.8. The van der Waals surface area contributed by atoms with Crippen molar-refractivity contribution in [3.05, 3.63) is 35.4 Å². The standard InChI is InChI=1S/C16H23NO5/c1-16(2,3)22-15(20)17-10-9-13(18)11-5-7-12(8-6-11)14(19)21-4/h5-8,13,18H,9-10H2,1-4H3,(H,17,20). The van der Waals surface area contributed by atoms with Gasteiger partial charge in [-0.2, -0.15) is 0 Å². The fraction of sp³-hybridized carbons (Fsp3) is 0.500. The fourth-order valence-corrected chi connectivity index (χ4v) is 1.75. The summed E-state index contributed by atoms with van der Waals surface area (Å²) in [6.07, 6.45) is -0.904. The summed E-state index contributed by atoms with van der Waals surface area (Å²) in [6, 6.07) is 6.49. The highest BCUT2D eigenvalue weighted by Gasteiger charge is 2.16. The van der Waals surface area contributed by atoms with Crippen molar-refractivity contribution in [2.45, 2.75) is 38.9 Å². The lowest BCUT2D eigenvalue weighted by Crippen LogP contribution is -2.33. The van der Waals surface area contributed by atoms with Gasteiger partial charge in [0.1, 0.15) is 5.60 Å². The molecule has 1 unspecified atom stereocenters. The number of aliphatic hydroxyl groups excluding tert-OH is 1. The number of esters is 1. The zero-order valence-electron chi connectivity index (χ0n) is 13.4. The molecule has 0 radical (unpaired) electrons. The van der Waals surface area contributed by atoms with Crippen molar-refractivity contribution in [2.24, 2.45) is 0 Å². The smallest absolute Gasteiger partial charge is 0.407 e. The summed E-state index contributed by atoms with van der Waals surface area (Å²) < 4.78 is 9.70. The van der Waals surface area contributed by atoms with Crippen LogP contribution >= 0.6 is 0 Å². The number of benzene rings is 1. The van der Waals surface area contributed by atoms with E-state index in [0.29, 0.717) is 17.5 Å². The van der Waals surface area contributed by atoms with Crippen LogP contribution in [0.25, 0.3) is 0 Å². The van der Waals surface area contributed by atoms with E-state index in [-0.39, 0.29) is 6.54 Å². The molecule has 0 aliphatic heterocycles. The van der Waals surface area contributed by atoms with Gasteiger partial charge in [0.2, 0.25) is 0 Å². The molecule has 0 heterocycles. The van der Waals surface area contributed by atoms with Crippen LogP contribution in [0.4, 0.5) is 4.79 Å². The van der Waals surface area contributed by atoms with Gasteiger partial charge in [-0.1, -0.05) is 12.1 Å². The first-order valence-electron chi connectivity index (χ1n) is 7.06. The van der Waals surface area contributed by atoms with E-state index in [1.54, 1.807) is 45.0 Å². The molecule has 0 saturated heterocycles. The highest BCUT2D eigenvalue weighted by atomic mass is 16.6. The lowest BCUT2D eigenvalue weighted by molar-refractivity contribution is 0.0516. The molecule has 22 heavy (non-hydrogen) atoms. The van der Waals surface area contributed by atoms with E-state index in [1.807, 2.05) is 0 Å². The summed E-state index contributed by atoms with van der Waals surface area (Å²) in [5, 5.41) is 12.6. The first-order valence-corrected chi connectivity index (χ1v) is 7.06. The van der Waals surface area contributed by atoms with Crippen LogP contribution in [0.15, 0.2) is 24.3 Å². The Morgan fingerprint density at radius 3 is 2.32 bits per heavy atom. The summed E-state index contributed by atoms with van der Waals surface area (Å²) in [7, 11) is 1.31. The van der Waals surface area contributed by atoms with Gasteiger partial charge in [0.05, 0.1) is 18.8 Å². The summed E-state index contributed by atoms with van der Waals surface area (Å²) in [6.45, 7) is 5.63. The van der Waals surface area contributed by atoms with E-state index < -0.39 is 23.8 Å². The average Bonchev–Trinajstić information content (AvgIpc) is 2.44. The van der Waals surface area contributed by atoms with Gasteiger partial charge >= 0.3 is 12.1 Å². The Morgan fingerprint density at radius 1 is 1.23 bits per heavy atom. The molecule has 0 fully saturated rings. The molecule has 0 saturated carbocycles. The Kier molecular flexibility index (Phi) is 6.37. The molecule has 1 aromatic rings. The molecule has 0 aromatic heterocycles. The van der Waals surface area contributed by atoms with Gasteiger partial charge in [-0.05, 0) is 44.9 Å². The number of nitrogens with one attached hydrogen (secondary N) is 1. The number of rotatable bonds is 5. The molecule has 6 nitrogen and oxygen atoms in total. The van der Waals surface area contributed by atoms with Crippen LogP contribution in [-0.4, -0.2) is 36.4 Å². The zero-order chi connectivity index (χ0) is 16.8. The minimum atomic E-state index is -0.735. The van der Waals surface area contributed by atoms with Crippen molar-refractivity contribution in [3.8, 4) is 0 Å². The lowest BCUT2D eigenvalue weighted by Gasteiger charge is -2.20. The van der Waals surface area contributed by atoms with Gasteiger partial charge in [0, 0.05) is 6.54 Å². The summed E-state index contributed by atoms with van der Waals surface area (Å²) in [5.41, 5.74) is 0.538. The van der Waals surface area contributed by atoms with Gasteiger partial charge in [0.25, 0.3) is 0 Å². The Bertz CT molecular complexity index is 504. The number of methoxy groups -OCH3 is 1. The molecule has 6 heteroatoms. The number of hydrogen-bond acceptors (Lipinski definition) is 5. The van der Waals surface area contributed by atoms with Gasteiger partial charge in [-0.25, -0.2) is 9.59 Å². The highest BCUT2D eigenvalue weighted by Crippen LogP contribution is 2.17. The highest BCUT2D eigenvalue weighted by molar-refractivity contribution is 5.89. The van der Waals surface area contributed by atoms with Crippen molar-refractivity contribution in [1.82, 2.24) is 5.32 Å². The normalized spacial score (nSPS) is 12.4. The molecule has 2 N–H and O–H groups in total.